The molecule has 2 atom stereocenters. The maximum absolute atomic E-state index is 4.81. The van der Waals surface area contributed by atoms with Gasteiger partial charge in [0.25, 0.3) is 0 Å². The predicted octanol–water partition coefficient (Wildman–Crippen LogP) is 2.37. The van der Waals surface area contributed by atoms with Crippen molar-refractivity contribution in [3.63, 3.8) is 0 Å². The number of likely N-dealkylation sites (tertiary alicyclic amines) is 2. The third kappa shape index (κ3) is 7.04. The van der Waals surface area contributed by atoms with Gasteiger partial charge >= 0.3 is 0 Å². The van der Waals surface area contributed by atoms with Crippen molar-refractivity contribution in [3.05, 3.63) is 0 Å². The summed E-state index contributed by atoms with van der Waals surface area (Å²) in [5.41, 5.74) is 0. The van der Waals surface area contributed by atoms with E-state index in [1.165, 1.54) is 38.9 Å². The van der Waals surface area contributed by atoms with E-state index in [1.807, 2.05) is 0 Å². The van der Waals surface area contributed by atoms with Crippen molar-refractivity contribution in [2.24, 2.45) is 10.9 Å². The monoisotopic (exact) mass is 451 g/mol. The predicted molar refractivity (Wildman–Crippen MR) is 114 cm³/mol. The first-order valence-electron chi connectivity index (χ1n) is 9.61. The third-order valence-electron chi connectivity index (χ3n) is 5.17. The van der Waals surface area contributed by atoms with Gasteiger partial charge in [0, 0.05) is 38.3 Å². The van der Waals surface area contributed by atoms with Gasteiger partial charge in [-0.05, 0) is 52.6 Å². The average Bonchev–Trinajstić information content (AvgIpc) is 2.90. The van der Waals surface area contributed by atoms with E-state index < -0.39 is 0 Å². The Kier molecular flexibility index (Phi) is 10.5. The van der Waals surface area contributed by atoms with Crippen LogP contribution in [-0.2, 0) is 0 Å². The Balaban J connectivity index is 0.00000288. The Bertz CT molecular complexity index is 368. The quantitative estimate of drug-likeness (QED) is 0.370. The van der Waals surface area contributed by atoms with Crippen LogP contribution < -0.4 is 10.6 Å². The topological polar surface area (TPSA) is 42.9 Å². The van der Waals surface area contributed by atoms with E-state index in [2.05, 4.69) is 48.1 Å². The lowest BCUT2D eigenvalue weighted by Crippen LogP contribution is -2.47. The van der Waals surface area contributed by atoms with Crippen molar-refractivity contribution in [2.75, 3.05) is 45.8 Å². The maximum Gasteiger partial charge on any atom is 0.191 e. The van der Waals surface area contributed by atoms with Crippen molar-refractivity contribution in [1.82, 2.24) is 20.4 Å². The zero-order chi connectivity index (χ0) is 16.7. The summed E-state index contributed by atoms with van der Waals surface area (Å²) in [5, 5.41) is 7.08. The number of piperidine rings is 1. The first-order chi connectivity index (χ1) is 11.1. The largest absolute Gasteiger partial charge is 0.357 e. The van der Waals surface area contributed by atoms with E-state index in [-0.39, 0.29) is 24.0 Å². The minimum Gasteiger partial charge on any atom is -0.357 e. The van der Waals surface area contributed by atoms with Gasteiger partial charge in [-0.25, -0.2) is 0 Å². The highest BCUT2D eigenvalue weighted by atomic mass is 127. The first-order valence-corrected chi connectivity index (χ1v) is 9.61. The van der Waals surface area contributed by atoms with Crippen LogP contribution in [-0.4, -0.2) is 73.7 Å². The van der Waals surface area contributed by atoms with E-state index in [9.17, 15) is 0 Å². The van der Waals surface area contributed by atoms with Crippen LogP contribution >= 0.6 is 24.0 Å². The summed E-state index contributed by atoms with van der Waals surface area (Å²) in [5.74, 6) is 1.66. The van der Waals surface area contributed by atoms with Crippen LogP contribution in [0.15, 0.2) is 4.99 Å². The summed E-state index contributed by atoms with van der Waals surface area (Å²) in [6.45, 7) is 16.8. The zero-order valence-corrected chi connectivity index (χ0v) is 18.4. The molecule has 2 unspecified atom stereocenters. The van der Waals surface area contributed by atoms with E-state index >= 15 is 0 Å². The first kappa shape index (κ1) is 22.0. The van der Waals surface area contributed by atoms with Gasteiger partial charge in [-0.1, -0.05) is 13.3 Å². The Labute approximate surface area is 166 Å². The van der Waals surface area contributed by atoms with Crippen LogP contribution in [0.5, 0.6) is 0 Å². The molecule has 0 aliphatic carbocycles. The summed E-state index contributed by atoms with van der Waals surface area (Å²) >= 11 is 0. The van der Waals surface area contributed by atoms with Crippen LogP contribution in [0, 0.1) is 5.92 Å². The molecule has 2 heterocycles. The number of guanidine groups is 1. The van der Waals surface area contributed by atoms with Crippen molar-refractivity contribution >= 4 is 29.9 Å². The molecular formula is C18H38IN5. The number of halogens is 1. The van der Waals surface area contributed by atoms with Crippen molar-refractivity contribution in [2.45, 2.75) is 59.0 Å². The van der Waals surface area contributed by atoms with Crippen LogP contribution in [0.1, 0.15) is 47.0 Å². The van der Waals surface area contributed by atoms with Gasteiger partial charge in [0.2, 0.25) is 0 Å². The Morgan fingerprint density at radius 2 is 1.88 bits per heavy atom. The number of nitrogens with zero attached hydrogens (tertiary/aromatic N) is 3. The molecule has 5 nitrogen and oxygen atoms in total. The second-order valence-electron chi connectivity index (χ2n) is 7.44. The van der Waals surface area contributed by atoms with Crippen LogP contribution in [0.2, 0.25) is 0 Å². The van der Waals surface area contributed by atoms with Crippen molar-refractivity contribution in [3.8, 4) is 0 Å². The van der Waals surface area contributed by atoms with Gasteiger partial charge in [-0.3, -0.25) is 9.89 Å². The second-order valence-corrected chi connectivity index (χ2v) is 7.44. The molecule has 0 aromatic heterocycles. The number of hydrogen-bond acceptors (Lipinski definition) is 3. The van der Waals surface area contributed by atoms with Gasteiger partial charge < -0.3 is 15.5 Å². The minimum absolute atomic E-state index is 0. The second kappa shape index (κ2) is 11.5. The number of aliphatic imine (C=N–C) groups is 1. The van der Waals surface area contributed by atoms with Crippen LogP contribution in [0.3, 0.4) is 0 Å². The lowest BCUT2D eigenvalue weighted by atomic mass is 10.1. The standard InChI is InChI=1S/C18H37N5.HI/c1-5-19-18(20-9-12-22-10-7-6-8-11-22)21-17-14-23(15(2)3)13-16(17)4;/h15-17H,5-14H2,1-4H3,(H2,19,20,21);1H. The molecule has 2 aliphatic heterocycles. The molecule has 142 valence electrons. The SMILES string of the molecule is CCNC(=NCCN1CCCCC1)NC1CN(C(C)C)CC1C.I. The fourth-order valence-electron chi connectivity index (χ4n) is 3.60. The molecule has 0 bridgehead atoms. The fourth-order valence-corrected chi connectivity index (χ4v) is 3.60. The normalized spacial score (nSPS) is 26.5. The highest BCUT2D eigenvalue weighted by Gasteiger charge is 2.31. The van der Waals surface area contributed by atoms with Crippen LogP contribution in [0.25, 0.3) is 0 Å². The summed E-state index contributed by atoms with van der Waals surface area (Å²) in [6, 6.07) is 1.13. The maximum atomic E-state index is 4.81. The van der Waals surface area contributed by atoms with Gasteiger partial charge in [-0.15, -0.1) is 24.0 Å². The molecule has 0 saturated carbocycles. The molecule has 0 radical (unpaired) electrons. The third-order valence-corrected chi connectivity index (χ3v) is 5.17. The molecule has 0 amide bonds. The van der Waals surface area contributed by atoms with E-state index in [0.717, 1.165) is 32.1 Å². The fraction of sp³-hybridized carbons (Fsp3) is 0.944. The zero-order valence-electron chi connectivity index (χ0n) is 16.1. The summed E-state index contributed by atoms with van der Waals surface area (Å²) in [6.07, 6.45) is 4.11. The van der Waals surface area contributed by atoms with Crippen molar-refractivity contribution in [1.29, 1.82) is 0 Å². The molecule has 0 aromatic rings. The average molecular weight is 451 g/mol. The molecule has 0 aromatic carbocycles. The number of nitrogens with one attached hydrogen (secondary N) is 2. The molecule has 6 heteroatoms. The van der Waals surface area contributed by atoms with Crippen LogP contribution in [0.4, 0.5) is 0 Å². The molecule has 0 spiro atoms. The smallest absolute Gasteiger partial charge is 0.191 e. The number of rotatable bonds is 6. The molecule has 2 saturated heterocycles. The van der Waals surface area contributed by atoms with Gasteiger partial charge in [-0.2, -0.15) is 0 Å². The summed E-state index contributed by atoms with van der Waals surface area (Å²) in [4.78, 5) is 9.92. The van der Waals surface area contributed by atoms with E-state index in [0.29, 0.717) is 18.0 Å². The van der Waals surface area contributed by atoms with Gasteiger partial charge in [0.15, 0.2) is 5.96 Å². The molecule has 2 rings (SSSR count). The lowest BCUT2D eigenvalue weighted by molar-refractivity contribution is 0.235. The molecular weight excluding hydrogens is 413 g/mol. The van der Waals surface area contributed by atoms with E-state index in [1.54, 1.807) is 0 Å². The van der Waals surface area contributed by atoms with E-state index in [4.69, 9.17) is 4.99 Å². The minimum atomic E-state index is 0. The lowest BCUT2D eigenvalue weighted by Gasteiger charge is -2.26. The molecule has 2 N–H and O–H groups in total. The van der Waals surface area contributed by atoms with Crippen molar-refractivity contribution < 1.29 is 0 Å². The Morgan fingerprint density at radius 3 is 2.46 bits per heavy atom. The van der Waals surface area contributed by atoms with Gasteiger partial charge in [0.05, 0.1) is 6.54 Å². The van der Waals surface area contributed by atoms with Gasteiger partial charge in [0.1, 0.15) is 0 Å². The molecule has 24 heavy (non-hydrogen) atoms. The molecule has 2 fully saturated rings. The Hall–Kier alpha value is -0.0800. The summed E-state index contributed by atoms with van der Waals surface area (Å²) < 4.78 is 0. The molecule has 2 aliphatic rings. The number of hydrogen-bond donors (Lipinski definition) is 2. The highest BCUT2D eigenvalue weighted by Crippen LogP contribution is 2.18. The summed E-state index contributed by atoms with van der Waals surface area (Å²) in [7, 11) is 0. The highest BCUT2D eigenvalue weighted by molar-refractivity contribution is 14.0. The Morgan fingerprint density at radius 1 is 1.17 bits per heavy atom.